The van der Waals surface area contributed by atoms with E-state index in [0.717, 1.165) is 19.4 Å². The minimum Gasteiger partial charge on any atom is -0.378 e. The second kappa shape index (κ2) is 4.29. The first-order chi connectivity index (χ1) is 6.33. The zero-order valence-corrected chi connectivity index (χ0v) is 9.46. The van der Waals surface area contributed by atoms with Gasteiger partial charge in [0.15, 0.2) is 5.34 Å². The molecule has 1 aliphatic rings. The Morgan fingerprint density at radius 3 is 2.71 bits per heavy atom. The molecule has 0 radical (unpaired) electrons. The van der Waals surface area contributed by atoms with Gasteiger partial charge in [-0.3, -0.25) is 4.57 Å². The molecule has 1 fully saturated rings. The molecule has 2 atom stereocenters. The van der Waals surface area contributed by atoms with Crippen LogP contribution >= 0.6 is 7.60 Å². The average Bonchev–Trinajstić information content (AvgIpc) is 2.50. The van der Waals surface area contributed by atoms with Crippen molar-refractivity contribution in [1.82, 2.24) is 5.32 Å². The summed E-state index contributed by atoms with van der Waals surface area (Å²) in [6.07, 6.45) is 2.01. The van der Waals surface area contributed by atoms with E-state index in [-0.39, 0.29) is 12.6 Å². The average molecular weight is 223 g/mol. The largest absolute Gasteiger partial charge is 0.378 e. The third-order valence-corrected chi connectivity index (χ3v) is 4.19. The molecule has 1 aliphatic heterocycles. The van der Waals surface area contributed by atoms with Crippen molar-refractivity contribution in [2.45, 2.75) is 38.1 Å². The molecule has 0 aliphatic carbocycles. The fourth-order valence-corrected chi connectivity index (χ4v) is 1.95. The van der Waals surface area contributed by atoms with Crippen LogP contribution in [0, 0.1) is 0 Å². The second-order valence-corrected chi connectivity index (χ2v) is 6.50. The van der Waals surface area contributed by atoms with E-state index in [9.17, 15) is 14.6 Å². The molecule has 0 saturated carbocycles. The number of hydrogen-bond acceptors (Lipinski definition) is 4. The molecule has 1 saturated heterocycles. The van der Waals surface area contributed by atoms with Crippen molar-refractivity contribution >= 4 is 7.60 Å². The highest BCUT2D eigenvalue weighted by atomic mass is 31.2. The van der Waals surface area contributed by atoms with E-state index in [4.69, 9.17) is 4.52 Å². The molecule has 2 unspecified atom stereocenters. The third-order valence-electron chi connectivity index (χ3n) is 2.30. The Bertz CT molecular complexity index is 232. The van der Waals surface area contributed by atoms with E-state index in [1.165, 1.54) is 13.8 Å². The lowest BCUT2D eigenvalue weighted by molar-refractivity contribution is 0.106. The van der Waals surface area contributed by atoms with Gasteiger partial charge in [-0.2, -0.15) is 0 Å². The third kappa shape index (κ3) is 3.04. The van der Waals surface area contributed by atoms with Crippen molar-refractivity contribution in [2.24, 2.45) is 0 Å². The van der Waals surface area contributed by atoms with E-state index in [1.807, 2.05) is 0 Å². The van der Waals surface area contributed by atoms with Crippen molar-refractivity contribution in [1.29, 1.82) is 0 Å². The summed E-state index contributed by atoms with van der Waals surface area (Å²) < 4.78 is 16.3. The van der Waals surface area contributed by atoms with Gasteiger partial charge in [-0.1, -0.05) is 0 Å². The molecule has 84 valence electrons. The predicted molar refractivity (Wildman–Crippen MR) is 53.1 cm³/mol. The summed E-state index contributed by atoms with van der Waals surface area (Å²) in [5.41, 5.74) is 0. The van der Waals surface area contributed by atoms with Crippen LogP contribution in [0.25, 0.3) is 0 Å². The summed E-state index contributed by atoms with van der Waals surface area (Å²) in [6.45, 7) is 3.65. The molecular weight excluding hydrogens is 205 g/mol. The Balaban J connectivity index is 2.39. The fourth-order valence-electron chi connectivity index (χ4n) is 1.25. The van der Waals surface area contributed by atoms with Crippen LogP contribution in [0.1, 0.15) is 26.7 Å². The fraction of sp³-hybridized carbons (Fsp3) is 1.00. The van der Waals surface area contributed by atoms with E-state index in [0.29, 0.717) is 0 Å². The normalized spacial score (nSPS) is 27.6. The van der Waals surface area contributed by atoms with Crippen molar-refractivity contribution in [3.05, 3.63) is 0 Å². The van der Waals surface area contributed by atoms with Gasteiger partial charge in [-0.05, 0) is 33.2 Å². The summed E-state index contributed by atoms with van der Waals surface area (Å²) in [4.78, 5) is 9.37. The molecular formula is C8H18NO4P. The van der Waals surface area contributed by atoms with Crippen molar-refractivity contribution < 1.29 is 19.1 Å². The minimum atomic E-state index is -3.91. The number of aliphatic hydroxyl groups is 1. The lowest BCUT2D eigenvalue weighted by Gasteiger charge is -2.25. The molecule has 6 heteroatoms. The molecule has 14 heavy (non-hydrogen) atoms. The van der Waals surface area contributed by atoms with Gasteiger partial charge in [-0.25, -0.2) is 0 Å². The summed E-state index contributed by atoms with van der Waals surface area (Å²) in [5, 5.41) is 10.8. The van der Waals surface area contributed by atoms with Crippen LogP contribution in [0.2, 0.25) is 0 Å². The van der Waals surface area contributed by atoms with Crippen molar-refractivity contribution in [3.8, 4) is 0 Å². The minimum absolute atomic E-state index is 0.137. The Hall–Kier alpha value is 0.0700. The van der Waals surface area contributed by atoms with E-state index in [2.05, 4.69) is 5.32 Å². The second-order valence-electron chi connectivity index (χ2n) is 4.10. The van der Waals surface area contributed by atoms with Gasteiger partial charge >= 0.3 is 7.60 Å². The van der Waals surface area contributed by atoms with Crippen LogP contribution in [0.15, 0.2) is 0 Å². The molecule has 0 aromatic carbocycles. The van der Waals surface area contributed by atoms with Gasteiger partial charge in [0.1, 0.15) is 0 Å². The number of nitrogens with one attached hydrogen (secondary N) is 1. The van der Waals surface area contributed by atoms with E-state index in [1.54, 1.807) is 0 Å². The van der Waals surface area contributed by atoms with Crippen LogP contribution in [-0.2, 0) is 9.09 Å². The maximum Gasteiger partial charge on any atom is 0.358 e. The molecule has 1 heterocycles. The van der Waals surface area contributed by atoms with Gasteiger partial charge in [0.05, 0.1) is 6.61 Å². The lowest BCUT2D eigenvalue weighted by atomic mass is 10.2. The molecule has 0 bridgehead atoms. The Labute approximate surface area is 84.0 Å². The summed E-state index contributed by atoms with van der Waals surface area (Å²) in [5.74, 6) is 0. The highest BCUT2D eigenvalue weighted by Crippen LogP contribution is 2.53. The van der Waals surface area contributed by atoms with Gasteiger partial charge in [0.25, 0.3) is 0 Å². The van der Waals surface area contributed by atoms with Crippen LogP contribution in [-0.4, -0.2) is 34.5 Å². The van der Waals surface area contributed by atoms with Crippen LogP contribution in [0.5, 0.6) is 0 Å². The monoisotopic (exact) mass is 223 g/mol. The number of rotatable bonds is 4. The summed E-state index contributed by atoms with van der Waals surface area (Å²) in [6, 6.07) is 0.137. The standard InChI is InChI=1S/C8H18NO4P/c1-8(2,10)14(11,12)13-6-7-4-3-5-9-7/h7,9-10H,3-6H2,1-2H3,(H,11,12). The lowest BCUT2D eigenvalue weighted by Crippen LogP contribution is -2.29. The molecule has 0 aromatic rings. The van der Waals surface area contributed by atoms with Gasteiger partial charge < -0.3 is 19.8 Å². The van der Waals surface area contributed by atoms with Crippen molar-refractivity contribution in [3.63, 3.8) is 0 Å². The Morgan fingerprint density at radius 1 is 1.64 bits per heavy atom. The quantitative estimate of drug-likeness (QED) is 0.610. The first-order valence-corrected chi connectivity index (χ1v) is 6.34. The Kier molecular flexibility index (Phi) is 3.72. The zero-order valence-electron chi connectivity index (χ0n) is 8.56. The maximum atomic E-state index is 11.4. The first kappa shape index (κ1) is 12.1. The van der Waals surface area contributed by atoms with Gasteiger partial charge in [0.2, 0.25) is 0 Å². The molecule has 0 amide bonds. The number of hydrogen-bond donors (Lipinski definition) is 3. The zero-order chi connectivity index (χ0) is 10.8. The molecule has 0 aromatic heterocycles. The van der Waals surface area contributed by atoms with Crippen LogP contribution in [0.3, 0.4) is 0 Å². The SMILES string of the molecule is CC(C)(O)P(=O)(O)OCC1CCCN1. The predicted octanol–water partition coefficient (Wildman–Crippen LogP) is 0.669. The Morgan fingerprint density at radius 2 is 2.29 bits per heavy atom. The topological polar surface area (TPSA) is 78.8 Å². The van der Waals surface area contributed by atoms with Crippen molar-refractivity contribution in [2.75, 3.05) is 13.2 Å². The smallest absolute Gasteiger partial charge is 0.358 e. The highest BCUT2D eigenvalue weighted by Gasteiger charge is 2.39. The van der Waals surface area contributed by atoms with Crippen LogP contribution in [0.4, 0.5) is 0 Å². The molecule has 1 rings (SSSR count). The van der Waals surface area contributed by atoms with Gasteiger partial charge in [-0.15, -0.1) is 0 Å². The molecule has 0 spiro atoms. The highest BCUT2D eigenvalue weighted by molar-refractivity contribution is 7.54. The van der Waals surface area contributed by atoms with Crippen LogP contribution < -0.4 is 5.32 Å². The maximum absolute atomic E-state index is 11.4. The summed E-state index contributed by atoms with van der Waals surface area (Å²) in [7, 11) is -3.91. The summed E-state index contributed by atoms with van der Waals surface area (Å²) >= 11 is 0. The van der Waals surface area contributed by atoms with E-state index < -0.39 is 12.9 Å². The molecule has 3 N–H and O–H groups in total. The van der Waals surface area contributed by atoms with Gasteiger partial charge in [0, 0.05) is 6.04 Å². The van der Waals surface area contributed by atoms with E-state index >= 15 is 0 Å². The first-order valence-electron chi connectivity index (χ1n) is 4.76. The molecule has 5 nitrogen and oxygen atoms in total.